The number of nitro groups is 1. The second-order valence-corrected chi connectivity index (χ2v) is 6.46. The normalized spacial score (nSPS) is 15.8. The topological polar surface area (TPSA) is 55.6 Å². The molecular weight excluding hydrogens is 316 g/mol. The van der Waals surface area contributed by atoms with E-state index in [4.69, 9.17) is 4.74 Å². The molecule has 1 atom stereocenters. The lowest BCUT2D eigenvalue weighted by molar-refractivity contribution is -0.528. The Bertz CT molecular complexity index is 667. The third-order valence-electron chi connectivity index (χ3n) is 4.67. The molecule has 25 heavy (non-hydrogen) atoms. The Morgan fingerprint density at radius 3 is 2.36 bits per heavy atom. The van der Waals surface area contributed by atoms with Gasteiger partial charge in [-0.1, -0.05) is 42.5 Å². The summed E-state index contributed by atoms with van der Waals surface area (Å²) in [6.07, 6.45) is 2.95. The van der Waals surface area contributed by atoms with Crippen LogP contribution in [-0.2, 0) is 6.42 Å². The van der Waals surface area contributed by atoms with Crippen LogP contribution in [0.3, 0.4) is 0 Å². The second-order valence-electron chi connectivity index (χ2n) is 6.46. The number of hydrogen-bond donors (Lipinski definition) is 0. The van der Waals surface area contributed by atoms with Gasteiger partial charge in [-0.3, -0.25) is 15.0 Å². The van der Waals surface area contributed by atoms with Gasteiger partial charge in [0.15, 0.2) is 0 Å². The maximum atomic E-state index is 11.4. The Morgan fingerprint density at radius 2 is 1.72 bits per heavy atom. The summed E-state index contributed by atoms with van der Waals surface area (Å²) in [6, 6.07) is 16.1. The predicted molar refractivity (Wildman–Crippen MR) is 97.5 cm³/mol. The van der Waals surface area contributed by atoms with E-state index in [1.807, 2.05) is 54.6 Å². The summed E-state index contributed by atoms with van der Waals surface area (Å²) in [5, 5.41) is 11.4. The molecule has 0 amide bonds. The largest absolute Gasteiger partial charge is 0.492 e. The van der Waals surface area contributed by atoms with Crippen molar-refractivity contribution in [2.75, 3.05) is 26.2 Å². The molecule has 1 unspecified atom stereocenters. The van der Waals surface area contributed by atoms with E-state index in [0.29, 0.717) is 13.0 Å². The van der Waals surface area contributed by atoms with Gasteiger partial charge in [0, 0.05) is 23.5 Å². The van der Waals surface area contributed by atoms with Crippen molar-refractivity contribution >= 4 is 0 Å². The minimum Gasteiger partial charge on any atom is -0.492 e. The molecule has 0 radical (unpaired) electrons. The quantitative estimate of drug-likeness (QED) is 0.543. The van der Waals surface area contributed by atoms with Crippen LogP contribution in [0.4, 0.5) is 0 Å². The number of hydrogen-bond acceptors (Lipinski definition) is 4. The highest BCUT2D eigenvalue weighted by Gasteiger charge is 2.22. The third-order valence-corrected chi connectivity index (χ3v) is 4.67. The van der Waals surface area contributed by atoms with E-state index in [1.165, 1.54) is 25.9 Å². The molecule has 0 aromatic heterocycles. The monoisotopic (exact) mass is 340 g/mol. The van der Waals surface area contributed by atoms with Gasteiger partial charge in [-0.15, -0.1) is 0 Å². The predicted octanol–water partition coefficient (Wildman–Crippen LogP) is 3.72. The number of benzene rings is 2. The fraction of sp³-hybridized carbons (Fsp3) is 0.400. The molecule has 1 fully saturated rings. The third kappa shape index (κ3) is 5.03. The van der Waals surface area contributed by atoms with Gasteiger partial charge < -0.3 is 4.74 Å². The van der Waals surface area contributed by atoms with Gasteiger partial charge in [-0.05, 0) is 43.6 Å². The smallest absolute Gasteiger partial charge is 0.242 e. The Hall–Kier alpha value is -2.40. The number of rotatable bonds is 8. The van der Waals surface area contributed by atoms with Crippen molar-refractivity contribution in [2.45, 2.75) is 25.3 Å². The zero-order chi connectivity index (χ0) is 17.5. The zero-order valence-corrected chi connectivity index (χ0v) is 14.3. The van der Waals surface area contributed by atoms with E-state index < -0.39 is 6.04 Å². The first-order valence-corrected chi connectivity index (χ1v) is 8.85. The molecule has 1 aliphatic rings. The van der Waals surface area contributed by atoms with E-state index >= 15 is 0 Å². The number of nitrogens with zero attached hydrogens (tertiary/aromatic N) is 2. The van der Waals surface area contributed by atoms with Crippen LogP contribution < -0.4 is 4.74 Å². The van der Waals surface area contributed by atoms with Crippen molar-refractivity contribution in [1.29, 1.82) is 0 Å². The maximum absolute atomic E-state index is 11.4. The van der Waals surface area contributed by atoms with Gasteiger partial charge in [0.1, 0.15) is 12.4 Å². The molecule has 2 aromatic carbocycles. The van der Waals surface area contributed by atoms with E-state index in [2.05, 4.69) is 4.90 Å². The van der Waals surface area contributed by atoms with Gasteiger partial charge in [-0.25, -0.2) is 0 Å². The second kappa shape index (κ2) is 8.62. The summed E-state index contributed by atoms with van der Waals surface area (Å²) in [7, 11) is 0. The summed E-state index contributed by atoms with van der Waals surface area (Å²) in [5.74, 6) is 0.820. The zero-order valence-electron chi connectivity index (χ0n) is 14.3. The van der Waals surface area contributed by atoms with Gasteiger partial charge in [0.2, 0.25) is 6.04 Å². The van der Waals surface area contributed by atoms with Crippen LogP contribution in [0.5, 0.6) is 5.75 Å². The van der Waals surface area contributed by atoms with Gasteiger partial charge in [-0.2, -0.15) is 0 Å². The Balaban J connectivity index is 1.54. The summed E-state index contributed by atoms with van der Waals surface area (Å²) in [5.41, 5.74) is 1.68. The van der Waals surface area contributed by atoms with E-state index in [9.17, 15) is 10.1 Å². The van der Waals surface area contributed by atoms with Gasteiger partial charge >= 0.3 is 0 Å². The lowest BCUT2D eigenvalue weighted by Crippen LogP contribution is -2.25. The first-order valence-electron chi connectivity index (χ1n) is 8.85. The molecule has 1 saturated heterocycles. The molecule has 2 aromatic rings. The van der Waals surface area contributed by atoms with Crippen LogP contribution in [-0.4, -0.2) is 36.1 Å². The Labute approximate surface area is 148 Å². The molecule has 0 bridgehead atoms. The molecule has 132 valence electrons. The Kier molecular flexibility index (Phi) is 6.01. The highest BCUT2D eigenvalue weighted by Crippen LogP contribution is 2.23. The molecule has 0 spiro atoms. The van der Waals surface area contributed by atoms with Crippen LogP contribution in [0.1, 0.15) is 30.0 Å². The van der Waals surface area contributed by atoms with Crippen molar-refractivity contribution in [3.8, 4) is 5.75 Å². The highest BCUT2D eigenvalue weighted by atomic mass is 16.6. The fourth-order valence-corrected chi connectivity index (χ4v) is 3.23. The molecule has 0 aliphatic carbocycles. The van der Waals surface area contributed by atoms with E-state index in [-0.39, 0.29) is 4.92 Å². The maximum Gasteiger partial charge on any atom is 0.242 e. The van der Waals surface area contributed by atoms with Crippen LogP contribution in [0, 0.1) is 10.1 Å². The lowest BCUT2D eigenvalue weighted by Gasteiger charge is -2.15. The first-order chi connectivity index (χ1) is 12.2. The molecule has 5 heteroatoms. The highest BCUT2D eigenvalue weighted by molar-refractivity contribution is 5.29. The van der Waals surface area contributed by atoms with Crippen molar-refractivity contribution in [3.63, 3.8) is 0 Å². The minimum absolute atomic E-state index is 0.213. The van der Waals surface area contributed by atoms with E-state index in [0.717, 1.165) is 23.4 Å². The molecule has 3 rings (SSSR count). The molecule has 1 heterocycles. The molecule has 5 nitrogen and oxygen atoms in total. The average Bonchev–Trinajstić information content (AvgIpc) is 3.15. The van der Waals surface area contributed by atoms with E-state index in [1.54, 1.807) is 0 Å². The standard InChI is InChI=1S/C20H24N2O3/c23-22(24)20(18-6-2-1-3-7-18)16-17-8-10-19(11-9-17)25-15-14-21-12-4-5-13-21/h1-3,6-11,20H,4-5,12-16H2. The van der Waals surface area contributed by atoms with Crippen molar-refractivity contribution < 1.29 is 9.66 Å². The van der Waals surface area contributed by atoms with Crippen molar-refractivity contribution in [1.82, 2.24) is 4.90 Å². The molecule has 1 aliphatic heterocycles. The SMILES string of the molecule is O=[N+]([O-])C(Cc1ccc(OCCN2CCCC2)cc1)c1ccccc1. The van der Waals surface area contributed by atoms with Crippen LogP contribution in [0.15, 0.2) is 54.6 Å². The average molecular weight is 340 g/mol. The molecular formula is C20H24N2O3. The summed E-state index contributed by atoms with van der Waals surface area (Å²) in [4.78, 5) is 13.6. The van der Waals surface area contributed by atoms with Crippen LogP contribution in [0.25, 0.3) is 0 Å². The minimum atomic E-state index is -0.719. The van der Waals surface area contributed by atoms with Gasteiger partial charge in [0.05, 0.1) is 0 Å². The summed E-state index contributed by atoms with van der Waals surface area (Å²) in [6.45, 7) is 3.98. The summed E-state index contributed by atoms with van der Waals surface area (Å²) >= 11 is 0. The number of ether oxygens (including phenoxy) is 1. The van der Waals surface area contributed by atoms with Crippen LogP contribution >= 0.6 is 0 Å². The van der Waals surface area contributed by atoms with Gasteiger partial charge in [0.25, 0.3) is 0 Å². The lowest BCUT2D eigenvalue weighted by atomic mass is 9.99. The molecule has 0 N–H and O–H groups in total. The summed E-state index contributed by atoms with van der Waals surface area (Å²) < 4.78 is 5.78. The number of likely N-dealkylation sites (tertiary alicyclic amines) is 1. The fourth-order valence-electron chi connectivity index (χ4n) is 3.23. The van der Waals surface area contributed by atoms with Crippen molar-refractivity contribution in [3.05, 3.63) is 75.8 Å². The molecule has 0 saturated carbocycles. The van der Waals surface area contributed by atoms with Crippen LogP contribution in [0.2, 0.25) is 0 Å². The Morgan fingerprint density at radius 1 is 1.04 bits per heavy atom. The van der Waals surface area contributed by atoms with Crippen molar-refractivity contribution in [2.24, 2.45) is 0 Å². The first kappa shape index (κ1) is 17.4.